The molecule has 2 amide bonds. The minimum atomic E-state index is -2.79. The van der Waals surface area contributed by atoms with Crippen LogP contribution in [0.3, 0.4) is 0 Å². The maximum absolute atomic E-state index is 14.3. The molecule has 1 fully saturated rings. The Morgan fingerprint density at radius 2 is 1.81 bits per heavy atom. The van der Waals surface area contributed by atoms with Gasteiger partial charge in [0.15, 0.2) is 11.3 Å². The molecule has 0 aliphatic heterocycles. The molecule has 8 nitrogen and oxygen atoms in total. The van der Waals surface area contributed by atoms with Crippen molar-refractivity contribution in [1.29, 1.82) is 0 Å². The van der Waals surface area contributed by atoms with Crippen molar-refractivity contribution in [2.45, 2.75) is 55.7 Å². The first-order valence-electron chi connectivity index (χ1n) is 11.2. The van der Waals surface area contributed by atoms with Gasteiger partial charge in [0.25, 0.3) is 17.4 Å². The lowest BCUT2D eigenvalue weighted by Gasteiger charge is -2.41. The predicted molar refractivity (Wildman–Crippen MR) is 125 cm³/mol. The molecule has 2 heterocycles. The predicted octanol–water partition coefficient (Wildman–Crippen LogP) is 4.61. The van der Waals surface area contributed by atoms with E-state index < -0.39 is 34.9 Å². The normalized spacial score (nSPS) is 18.1. The van der Waals surface area contributed by atoms with E-state index in [9.17, 15) is 22.8 Å². The van der Waals surface area contributed by atoms with Crippen molar-refractivity contribution in [2.75, 3.05) is 4.90 Å². The first kappa shape index (κ1) is 25.6. The van der Waals surface area contributed by atoms with Crippen LogP contribution in [0.4, 0.5) is 18.9 Å². The fourth-order valence-electron chi connectivity index (χ4n) is 4.27. The summed E-state index contributed by atoms with van der Waals surface area (Å²) in [5.41, 5.74) is -3.38. The summed E-state index contributed by atoms with van der Waals surface area (Å²) in [5.74, 6) is -4.23. The lowest BCUT2D eigenvalue weighted by atomic mass is 9.87. The fourth-order valence-corrected chi connectivity index (χ4v) is 4.36. The molecule has 0 spiro atoms. The van der Waals surface area contributed by atoms with Gasteiger partial charge in [-0.1, -0.05) is 16.8 Å². The van der Waals surface area contributed by atoms with Crippen molar-refractivity contribution in [3.05, 3.63) is 60.8 Å². The number of carbonyl (C=O) groups is 2. The molecule has 190 valence electrons. The van der Waals surface area contributed by atoms with Crippen molar-refractivity contribution >= 4 is 29.1 Å². The van der Waals surface area contributed by atoms with E-state index in [1.165, 1.54) is 44.0 Å². The van der Waals surface area contributed by atoms with E-state index in [1.807, 2.05) is 0 Å². The first-order chi connectivity index (χ1) is 17.1. The number of alkyl halides is 4. The van der Waals surface area contributed by atoms with Crippen LogP contribution in [0.2, 0.25) is 0 Å². The van der Waals surface area contributed by atoms with Crippen LogP contribution in [-0.4, -0.2) is 44.5 Å². The number of nitrogens with one attached hydrogen (secondary N) is 1. The number of halogens is 4. The molecule has 12 heteroatoms. The number of nitrogens with zero attached hydrogens (tertiary/aromatic N) is 4. The highest BCUT2D eigenvalue weighted by molar-refractivity contribution is 6.32. The van der Waals surface area contributed by atoms with E-state index in [1.54, 1.807) is 18.2 Å². The SMILES string of the molecule is C[C@](C(=O)NC1CCC(F)(F)CC1)(c1cncnc1)N(C(=O)[C@H](F)Cl)c1ccc(-c2ccno2)cc1. The zero-order valence-corrected chi connectivity index (χ0v) is 20.0. The van der Waals surface area contributed by atoms with Crippen molar-refractivity contribution in [1.82, 2.24) is 20.4 Å². The third kappa shape index (κ3) is 5.20. The van der Waals surface area contributed by atoms with E-state index in [0.29, 0.717) is 11.3 Å². The molecule has 2 aromatic heterocycles. The lowest BCUT2D eigenvalue weighted by molar-refractivity contribution is -0.132. The molecule has 0 bridgehead atoms. The van der Waals surface area contributed by atoms with Gasteiger partial charge in [-0.2, -0.15) is 0 Å². The number of benzene rings is 1. The summed E-state index contributed by atoms with van der Waals surface area (Å²) in [6.07, 6.45) is 4.73. The third-order valence-electron chi connectivity index (χ3n) is 6.32. The number of hydrogen-bond acceptors (Lipinski definition) is 6. The maximum atomic E-state index is 14.3. The van der Waals surface area contributed by atoms with Gasteiger partial charge in [0, 0.05) is 54.2 Å². The molecule has 1 aliphatic rings. The van der Waals surface area contributed by atoms with Gasteiger partial charge in [-0.25, -0.2) is 23.1 Å². The standard InChI is InChI=1S/C24H23ClF3N5O3/c1-23(16-12-29-14-30-13-16,22(35)32-17-6-9-24(27,28)10-7-17)33(21(34)20(25)26)18-4-2-15(3-5-18)19-8-11-31-36-19/h2-5,8,11-14,17,20H,6-7,9-10H2,1H3,(H,32,35)/t20-,23+/m0/s1. The quantitative estimate of drug-likeness (QED) is 0.456. The van der Waals surface area contributed by atoms with Crippen LogP contribution >= 0.6 is 11.6 Å². The number of hydrogen-bond donors (Lipinski definition) is 1. The number of aromatic nitrogens is 3. The summed E-state index contributed by atoms with van der Waals surface area (Å²) in [6, 6.07) is 7.32. The Morgan fingerprint density at radius 1 is 1.17 bits per heavy atom. The smallest absolute Gasteiger partial charge is 0.278 e. The molecule has 2 atom stereocenters. The Balaban J connectivity index is 1.75. The van der Waals surface area contributed by atoms with E-state index in [2.05, 4.69) is 20.4 Å². The van der Waals surface area contributed by atoms with E-state index in [-0.39, 0.29) is 36.9 Å². The largest absolute Gasteiger partial charge is 0.356 e. The third-order valence-corrected chi connectivity index (χ3v) is 6.51. The van der Waals surface area contributed by atoms with Gasteiger partial charge in [-0.05, 0) is 44.0 Å². The molecule has 1 N–H and O–H groups in total. The molecule has 0 radical (unpaired) electrons. The minimum Gasteiger partial charge on any atom is -0.356 e. The number of anilines is 1. The Labute approximate surface area is 209 Å². The molecule has 0 saturated heterocycles. The highest BCUT2D eigenvalue weighted by Gasteiger charge is 2.48. The van der Waals surface area contributed by atoms with Crippen molar-refractivity contribution in [2.24, 2.45) is 0 Å². The summed E-state index contributed by atoms with van der Waals surface area (Å²) in [6.45, 7) is 1.40. The number of carbonyl (C=O) groups excluding carboxylic acids is 2. The summed E-state index contributed by atoms with van der Waals surface area (Å²) in [4.78, 5) is 35.7. The van der Waals surface area contributed by atoms with Crippen molar-refractivity contribution < 1.29 is 27.3 Å². The lowest BCUT2D eigenvalue weighted by Crippen LogP contribution is -2.60. The Kier molecular flexibility index (Phi) is 7.30. The zero-order valence-electron chi connectivity index (χ0n) is 19.2. The summed E-state index contributed by atoms with van der Waals surface area (Å²) < 4.78 is 46.7. The van der Waals surface area contributed by atoms with Crippen LogP contribution in [0.15, 0.2) is 59.8 Å². The van der Waals surface area contributed by atoms with Crippen LogP contribution < -0.4 is 10.2 Å². The number of rotatable bonds is 7. The fraction of sp³-hybridized carbons (Fsp3) is 0.375. The Bertz CT molecular complexity index is 1190. The van der Waals surface area contributed by atoms with Gasteiger partial charge in [0.2, 0.25) is 5.92 Å². The van der Waals surface area contributed by atoms with E-state index in [4.69, 9.17) is 16.1 Å². The average Bonchev–Trinajstić information content (AvgIpc) is 3.41. The second-order valence-corrected chi connectivity index (χ2v) is 9.08. The minimum absolute atomic E-state index is 0.0567. The molecule has 1 aliphatic carbocycles. The number of amides is 2. The summed E-state index contributed by atoms with van der Waals surface area (Å²) >= 11 is 5.58. The Morgan fingerprint density at radius 3 is 2.36 bits per heavy atom. The van der Waals surface area contributed by atoms with Crippen LogP contribution in [0.1, 0.15) is 38.2 Å². The van der Waals surface area contributed by atoms with E-state index >= 15 is 0 Å². The van der Waals surface area contributed by atoms with Gasteiger partial charge in [-0.3, -0.25) is 14.5 Å². The monoisotopic (exact) mass is 521 g/mol. The topological polar surface area (TPSA) is 101 Å². The second kappa shape index (κ2) is 10.3. The summed E-state index contributed by atoms with van der Waals surface area (Å²) in [5, 5.41) is 6.42. The van der Waals surface area contributed by atoms with Crippen molar-refractivity contribution in [3.63, 3.8) is 0 Å². The molecular weight excluding hydrogens is 499 g/mol. The molecule has 4 rings (SSSR count). The molecule has 1 saturated carbocycles. The van der Waals surface area contributed by atoms with E-state index in [0.717, 1.165) is 4.90 Å². The molecular formula is C24H23ClF3N5O3. The first-order valence-corrected chi connectivity index (χ1v) is 11.6. The van der Waals surface area contributed by atoms with Crippen LogP contribution in [0.5, 0.6) is 0 Å². The van der Waals surface area contributed by atoms with Gasteiger partial charge in [0.05, 0.1) is 6.20 Å². The average molecular weight is 522 g/mol. The molecule has 3 aromatic rings. The Hall–Kier alpha value is -3.47. The second-order valence-electron chi connectivity index (χ2n) is 8.70. The highest BCUT2D eigenvalue weighted by atomic mass is 35.5. The molecule has 1 aromatic carbocycles. The maximum Gasteiger partial charge on any atom is 0.278 e. The van der Waals surface area contributed by atoms with Crippen LogP contribution in [-0.2, 0) is 15.1 Å². The zero-order chi connectivity index (χ0) is 25.9. The van der Waals surface area contributed by atoms with Crippen molar-refractivity contribution in [3.8, 4) is 11.3 Å². The molecule has 0 unspecified atom stereocenters. The van der Waals surface area contributed by atoms with Crippen LogP contribution in [0, 0.1) is 0 Å². The van der Waals surface area contributed by atoms with Gasteiger partial charge in [-0.15, -0.1) is 0 Å². The summed E-state index contributed by atoms with van der Waals surface area (Å²) in [7, 11) is 0. The van der Waals surface area contributed by atoms with Gasteiger partial charge in [0.1, 0.15) is 6.33 Å². The highest BCUT2D eigenvalue weighted by Crippen LogP contribution is 2.37. The van der Waals surface area contributed by atoms with Gasteiger partial charge >= 0.3 is 0 Å². The van der Waals surface area contributed by atoms with Gasteiger partial charge < -0.3 is 9.84 Å². The molecule has 36 heavy (non-hydrogen) atoms. The van der Waals surface area contributed by atoms with Crippen LogP contribution in [0.25, 0.3) is 11.3 Å².